The van der Waals surface area contributed by atoms with Crippen LogP contribution in [0.15, 0.2) is 35.7 Å². The summed E-state index contributed by atoms with van der Waals surface area (Å²) in [6.07, 6.45) is 2.25. The van der Waals surface area contributed by atoms with Crippen molar-refractivity contribution in [1.82, 2.24) is 5.32 Å². The van der Waals surface area contributed by atoms with Gasteiger partial charge in [0.15, 0.2) is 0 Å². The van der Waals surface area contributed by atoms with Gasteiger partial charge in [0, 0.05) is 23.4 Å². The first-order valence-electron chi connectivity index (χ1n) is 7.80. The number of fused-ring (bicyclic) bond motifs is 1. The second kappa shape index (κ2) is 8.57. The summed E-state index contributed by atoms with van der Waals surface area (Å²) < 4.78 is 11.1. The third kappa shape index (κ3) is 4.19. The van der Waals surface area contributed by atoms with Crippen molar-refractivity contribution in [2.24, 2.45) is 0 Å². The van der Waals surface area contributed by atoms with Crippen LogP contribution in [0, 0.1) is 0 Å². The number of ether oxygens (including phenoxy) is 2. The zero-order valence-electron chi connectivity index (χ0n) is 13.6. The Hall–Kier alpha value is -1.23. The molecule has 0 saturated heterocycles. The molecule has 1 aromatic heterocycles. The Morgan fingerprint density at radius 3 is 2.96 bits per heavy atom. The van der Waals surface area contributed by atoms with E-state index < -0.39 is 0 Å². The van der Waals surface area contributed by atoms with Gasteiger partial charge in [0.1, 0.15) is 11.5 Å². The summed E-state index contributed by atoms with van der Waals surface area (Å²) in [5.74, 6) is 2.97. The Kier molecular flexibility index (Phi) is 6.75. The number of likely N-dealkylation sites (N-methyl/N-ethyl adjacent to an activating group) is 1. The van der Waals surface area contributed by atoms with Crippen LogP contribution >= 0.6 is 23.7 Å². The molecular weight excluding hydrogens is 330 g/mol. The fourth-order valence-electron chi connectivity index (χ4n) is 3.23. The first-order chi connectivity index (χ1) is 10.8. The Morgan fingerprint density at radius 1 is 1.39 bits per heavy atom. The van der Waals surface area contributed by atoms with Gasteiger partial charge in [0.25, 0.3) is 0 Å². The molecule has 2 aromatic rings. The van der Waals surface area contributed by atoms with Crippen molar-refractivity contribution in [1.29, 1.82) is 0 Å². The van der Waals surface area contributed by atoms with Crippen molar-refractivity contribution in [3.05, 3.63) is 46.2 Å². The van der Waals surface area contributed by atoms with Crippen molar-refractivity contribution in [3.8, 4) is 11.5 Å². The lowest BCUT2D eigenvalue weighted by molar-refractivity contribution is 0.257. The molecule has 0 radical (unpaired) electrons. The fraction of sp³-hybridized carbons (Fsp3) is 0.444. The van der Waals surface area contributed by atoms with Crippen molar-refractivity contribution < 1.29 is 9.47 Å². The van der Waals surface area contributed by atoms with Crippen LogP contribution in [-0.2, 0) is 0 Å². The molecule has 1 aliphatic rings. The molecule has 2 heterocycles. The predicted octanol–water partition coefficient (Wildman–Crippen LogP) is 4.44. The number of nitrogens with one attached hydrogen (secondary N) is 1. The SMILES string of the molecule is CNCC(CC1CCOc2cc(OC)ccc21)c1cccs1.Cl. The van der Waals surface area contributed by atoms with Crippen molar-refractivity contribution in [2.45, 2.75) is 24.7 Å². The number of thiophene rings is 1. The van der Waals surface area contributed by atoms with Gasteiger partial charge in [-0.1, -0.05) is 12.1 Å². The molecule has 1 aliphatic heterocycles. The van der Waals surface area contributed by atoms with Gasteiger partial charge in [0.2, 0.25) is 0 Å². The van der Waals surface area contributed by atoms with Gasteiger partial charge in [-0.05, 0) is 48.9 Å². The maximum absolute atomic E-state index is 5.84. The molecule has 0 amide bonds. The maximum Gasteiger partial charge on any atom is 0.126 e. The topological polar surface area (TPSA) is 30.5 Å². The zero-order chi connectivity index (χ0) is 15.4. The van der Waals surface area contributed by atoms with Crippen LogP contribution in [0.1, 0.15) is 35.1 Å². The summed E-state index contributed by atoms with van der Waals surface area (Å²) in [5, 5.41) is 5.51. The highest BCUT2D eigenvalue weighted by Gasteiger charge is 2.26. The molecule has 0 fully saturated rings. The van der Waals surface area contributed by atoms with Gasteiger partial charge < -0.3 is 14.8 Å². The highest BCUT2D eigenvalue weighted by Crippen LogP contribution is 2.41. The zero-order valence-corrected chi connectivity index (χ0v) is 15.2. The van der Waals surface area contributed by atoms with Gasteiger partial charge in [-0.3, -0.25) is 0 Å². The number of hydrogen-bond acceptors (Lipinski definition) is 4. The van der Waals surface area contributed by atoms with Crippen LogP contribution in [0.3, 0.4) is 0 Å². The van der Waals surface area contributed by atoms with Crippen molar-refractivity contribution in [3.63, 3.8) is 0 Å². The molecule has 0 spiro atoms. The maximum atomic E-state index is 5.84. The number of hydrogen-bond donors (Lipinski definition) is 1. The lowest BCUT2D eigenvalue weighted by Crippen LogP contribution is -2.21. The van der Waals surface area contributed by atoms with E-state index in [1.807, 2.05) is 30.5 Å². The lowest BCUT2D eigenvalue weighted by Gasteiger charge is -2.29. The Balaban J connectivity index is 0.00000192. The van der Waals surface area contributed by atoms with E-state index in [2.05, 4.69) is 28.9 Å². The molecular formula is C18H24ClNO2S. The average molecular weight is 354 g/mol. The summed E-state index contributed by atoms with van der Waals surface area (Å²) in [6, 6.07) is 10.6. The summed E-state index contributed by atoms with van der Waals surface area (Å²) in [5.41, 5.74) is 1.32. The largest absolute Gasteiger partial charge is 0.497 e. The molecule has 23 heavy (non-hydrogen) atoms. The Morgan fingerprint density at radius 2 is 2.26 bits per heavy atom. The minimum absolute atomic E-state index is 0. The third-order valence-corrected chi connectivity index (χ3v) is 5.38. The quantitative estimate of drug-likeness (QED) is 0.832. The van der Waals surface area contributed by atoms with Crippen LogP contribution in [-0.4, -0.2) is 27.3 Å². The molecule has 3 nitrogen and oxygen atoms in total. The highest BCUT2D eigenvalue weighted by molar-refractivity contribution is 7.10. The van der Waals surface area contributed by atoms with Gasteiger partial charge in [-0.25, -0.2) is 0 Å². The molecule has 0 aliphatic carbocycles. The van der Waals surface area contributed by atoms with E-state index >= 15 is 0 Å². The Bertz CT molecular complexity index is 603. The molecule has 2 unspecified atom stereocenters. The molecule has 2 atom stereocenters. The van der Waals surface area contributed by atoms with E-state index in [-0.39, 0.29) is 12.4 Å². The van der Waals surface area contributed by atoms with E-state index in [9.17, 15) is 0 Å². The van der Waals surface area contributed by atoms with Crippen molar-refractivity contribution >= 4 is 23.7 Å². The molecule has 5 heteroatoms. The number of rotatable bonds is 6. The second-order valence-corrected chi connectivity index (χ2v) is 6.72. The fourth-order valence-corrected chi connectivity index (χ4v) is 4.07. The van der Waals surface area contributed by atoms with Gasteiger partial charge >= 0.3 is 0 Å². The number of benzene rings is 1. The minimum atomic E-state index is 0. The monoisotopic (exact) mass is 353 g/mol. The highest BCUT2D eigenvalue weighted by atomic mass is 35.5. The van der Waals surface area contributed by atoms with Crippen LogP contribution in [0.2, 0.25) is 0 Å². The smallest absolute Gasteiger partial charge is 0.126 e. The van der Waals surface area contributed by atoms with Crippen LogP contribution in [0.5, 0.6) is 11.5 Å². The van der Waals surface area contributed by atoms with E-state index in [1.54, 1.807) is 7.11 Å². The number of methoxy groups -OCH3 is 1. The van der Waals surface area contributed by atoms with Crippen LogP contribution < -0.4 is 14.8 Å². The predicted molar refractivity (Wildman–Crippen MR) is 98.7 cm³/mol. The summed E-state index contributed by atoms with van der Waals surface area (Å²) in [4.78, 5) is 1.47. The van der Waals surface area contributed by atoms with Gasteiger partial charge in [-0.2, -0.15) is 0 Å². The van der Waals surface area contributed by atoms with Crippen LogP contribution in [0.25, 0.3) is 0 Å². The summed E-state index contributed by atoms with van der Waals surface area (Å²) in [6.45, 7) is 1.81. The molecule has 1 N–H and O–H groups in total. The summed E-state index contributed by atoms with van der Waals surface area (Å²) in [7, 11) is 3.73. The first-order valence-corrected chi connectivity index (χ1v) is 8.68. The average Bonchev–Trinajstić information content (AvgIpc) is 3.08. The van der Waals surface area contributed by atoms with Gasteiger partial charge in [-0.15, -0.1) is 23.7 Å². The third-order valence-electron chi connectivity index (χ3n) is 4.35. The van der Waals surface area contributed by atoms with E-state index in [1.165, 1.54) is 10.4 Å². The second-order valence-electron chi connectivity index (χ2n) is 5.74. The van der Waals surface area contributed by atoms with E-state index in [0.717, 1.165) is 37.5 Å². The number of halogens is 1. The Labute approximate surface area is 148 Å². The normalized spacial score (nSPS) is 17.6. The molecule has 0 saturated carbocycles. The molecule has 3 rings (SSSR count). The van der Waals surface area contributed by atoms with E-state index in [0.29, 0.717) is 11.8 Å². The lowest BCUT2D eigenvalue weighted by atomic mass is 9.84. The molecule has 0 bridgehead atoms. The summed E-state index contributed by atoms with van der Waals surface area (Å²) >= 11 is 1.86. The molecule has 126 valence electrons. The molecule has 1 aromatic carbocycles. The van der Waals surface area contributed by atoms with Crippen LogP contribution in [0.4, 0.5) is 0 Å². The minimum Gasteiger partial charge on any atom is -0.497 e. The van der Waals surface area contributed by atoms with Gasteiger partial charge in [0.05, 0.1) is 13.7 Å². The van der Waals surface area contributed by atoms with Crippen molar-refractivity contribution in [2.75, 3.05) is 27.3 Å². The van der Waals surface area contributed by atoms with E-state index in [4.69, 9.17) is 9.47 Å². The first kappa shape index (κ1) is 18.1. The standard InChI is InChI=1S/C18H23NO2S.ClH/c1-19-12-14(18-4-3-9-22-18)10-13-7-8-21-17-11-15(20-2)5-6-16(13)17;/h3-6,9,11,13-14,19H,7-8,10,12H2,1-2H3;1H.